The van der Waals surface area contributed by atoms with Gasteiger partial charge in [-0.3, -0.25) is 14.5 Å². The second-order valence-corrected chi connectivity index (χ2v) is 4.61. The molecule has 19 heavy (non-hydrogen) atoms. The molecule has 0 saturated heterocycles. The van der Waals surface area contributed by atoms with Gasteiger partial charge in [-0.15, -0.1) is 0 Å². The average Bonchev–Trinajstić information content (AvgIpc) is 2.54. The highest BCUT2D eigenvalue weighted by Crippen LogP contribution is 2.32. The summed E-state index contributed by atoms with van der Waals surface area (Å²) in [5.41, 5.74) is 0.646. The maximum atomic E-state index is 12.5. The Bertz CT molecular complexity index is 501. The lowest BCUT2D eigenvalue weighted by Gasteiger charge is -2.28. The first-order valence-electron chi connectivity index (χ1n) is 6.29. The number of carbonyl (C=O) groups is 2. The third kappa shape index (κ3) is 2.46. The van der Waals surface area contributed by atoms with Crippen molar-refractivity contribution < 1.29 is 14.3 Å². The van der Waals surface area contributed by atoms with Crippen LogP contribution >= 0.6 is 0 Å². The third-order valence-electron chi connectivity index (χ3n) is 3.39. The second kappa shape index (κ2) is 5.40. The van der Waals surface area contributed by atoms with E-state index in [2.05, 4.69) is 5.32 Å². The van der Waals surface area contributed by atoms with E-state index in [9.17, 15) is 9.59 Å². The Kier molecular flexibility index (Phi) is 3.85. The Morgan fingerprint density at radius 3 is 2.79 bits per heavy atom. The Hall–Kier alpha value is -1.88. The van der Waals surface area contributed by atoms with Gasteiger partial charge in [0.25, 0.3) is 0 Å². The summed E-state index contributed by atoms with van der Waals surface area (Å²) >= 11 is 0. The minimum absolute atomic E-state index is 0.0556. The minimum Gasteiger partial charge on any atom is -0.489 e. The topological polar surface area (TPSA) is 58.6 Å². The summed E-state index contributed by atoms with van der Waals surface area (Å²) in [6, 6.07) is 6.32. The fourth-order valence-corrected chi connectivity index (χ4v) is 2.10. The zero-order chi connectivity index (χ0) is 14.0. The summed E-state index contributed by atoms with van der Waals surface area (Å²) < 4.78 is 5.65. The molecular formula is C14H18N2O3. The van der Waals surface area contributed by atoms with Crippen LogP contribution in [0.5, 0.6) is 5.75 Å². The van der Waals surface area contributed by atoms with Gasteiger partial charge in [0.05, 0.1) is 11.7 Å². The van der Waals surface area contributed by atoms with Crippen LogP contribution in [0, 0.1) is 0 Å². The lowest BCUT2D eigenvalue weighted by atomic mass is 10.1. The first-order valence-corrected chi connectivity index (χ1v) is 6.29. The Balaban J connectivity index is 2.49. The largest absolute Gasteiger partial charge is 0.489 e. The number of amides is 1. The molecule has 0 aromatic heterocycles. The maximum absolute atomic E-state index is 12.5. The minimum atomic E-state index is -0.508. The molecule has 0 saturated carbocycles. The lowest BCUT2D eigenvalue weighted by molar-refractivity contribution is -0.125. The van der Waals surface area contributed by atoms with Crippen LogP contribution < -0.4 is 15.0 Å². The zero-order valence-corrected chi connectivity index (χ0v) is 11.3. The van der Waals surface area contributed by atoms with Crippen LogP contribution in [0.4, 0.5) is 5.69 Å². The highest BCUT2D eigenvalue weighted by molar-refractivity contribution is 6.04. The van der Waals surface area contributed by atoms with Crippen molar-refractivity contribution in [1.82, 2.24) is 5.32 Å². The van der Waals surface area contributed by atoms with Gasteiger partial charge in [-0.1, -0.05) is 12.1 Å². The van der Waals surface area contributed by atoms with Crippen LogP contribution in [0.25, 0.3) is 0 Å². The van der Waals surface area contributed by atoms with Gasteiger partial charge >= 0.3 is 0 Å². The molecule has 1 aromatic rings. The Morgan fingerprint density at radius 2 is 2.16 bits per heavy atom. The number of hydrogen-bond acceptors (Lipinski definition) is 4. The number of rotatable bonds is 3. The number of benzene rings is 1. The molecule has 1 heterocycles. The molecular weight excluding hydrogens is 244 g/mol. The molecule has 2 rings (SSSR count). The van der Waals surface area contributed by atoms with E-state index in [-0.39, 0.29) is 18.3 Å². The molecule has 0 bridgehead atoms. The van der Waals surface area contributed by atoms with E-state index in [1.165, 1.54) is 11.8 Å². The molecule has 1 aliphatic rings. The number of carbonyl (C=O) groups excluding carboxylic acids is 2. The second-order valence-electron chi connectivity index (χ2n) is 4.61. The van der Waals surface area contributed by atoms with Crippen LogP contribution in [0.3, 0.4) is 0 Å². The summed E-state index contributed by atoms with van der Waals surface area (Å²) in [7, 11) is 1.71. The van der Waals surface area contributed by atoms with Gasteiger partial charge in [0.1, 0.15) is 18.4 Å². The van der Waals surface area contributed by atoms with E-state index in [0.29, 0.717) is 11.4 Å². The number of ether oxygens (including phenoxy) is 1. The molecule has 1 amide bonds. The highest BCUT2D eigenvalue weighted by atomic mass is 16.5. The van der Waals surface area contributed by atoms with Crippen molar-refractivity contribution in [2.24, 2.45) is 0 Å². The number of nitrogens with one attached hydrogen (secondary N) is 1. The number of anilines is 1. The molecule has 102 valence electrons. The fraction of sp³-hybridized carbons (Fsp3) is 0.429. The number of ketones is 1. The van der Waals surface area contributed by atoms with Crippen LogP contribution in [0.2, 0.25) is 0 Å². The van der Waals surface area contributed by atoms with Crippen LogP contribution in [0.1, 0.15) is 13.8 Å². The van der Waals surface area contributed by atoms with Gasteiger partial charge < -0.3 is 10.1 Å². The maximum Gasteiger partial charge on any atom is 0.248 e. The van der Waals surface area contributed by atoms with Crippen molar-refractivity contribution in [2.45, 2.75) is 25.9 Å². The van der Waals surface area contributed by atoms with Gasteiger partial charge in [-0.25, -0.2) is 0 Å². The number of likely N-dealkylation sites (N-methyl/N-ethyl adjacent to an activating group) is 1. The lowest BCUT2D eigenvalue weighted by Crippen LogP contribution is -2.51. The molecule has 1 aliphatic heterocycles. The quantitative estimate of drug-likeness (QED) is 0.882. The molecule has 0 radical (unpaired) electrons. The first kappa shape index (κ1) is 13.5. The molecule has 0 fully saturated rings. The molecule has 0 spiro atoms. The Morgan fingerprint density at radius 1 is 1.47 bits per heavy atom. The standard InChI is InChI=1S/C14H18N2O3/c1-9(10(2)17)16-12-6-4-5-7-13(12)19-8-11(15-3)14(16)18/h4-7,9,11,15H,8H2,1-3H3. The SMILES string of the molecule is CNC1COc2ccccc2N(C(C)C(C)=O)C1=O. The number of nitrogens with zero attached hydrogens (tertiary/aromatic N) is 1. The molecule has 0 aliphatic carbocycles. The fourth-order valence-electron chi connectivity index (χ4n) is 2.10. The molecule has 2 unspecified atom stereocenters. The highest BCUT2D eigenvalue weighted by Gasteiger charge is 2.34. The van der Waals surface area contributed by atoms with E-state index in [0.717, 1.165) is 0 Å². The summed E-state index contributed by atoms with van der Waals surface area (Å²) in [4.78, 5) is 25.7. The van der Waals surface area contributed by atoms with E-state index in [1.807, 2.05) is 12.1 Å². The van der Waals surface area contributed by atoms with Gasteiger partial charge in [0, 0.05) is 0 Å². The summed E-state index contributed by atoms with van der Waals surface area (Å²) in [6.07, 6.45) is 0. The first-order chi connectivity index (χ1) is 9.06. The number of fused-ring (bicyclic) bond motifs is 1. The summed E-state index contributed by atoms with van der Waals surface area (Å²) in [6.45, 7) is 3.48. The van der Waals surface area contributed by atoms with Gasteiger partial charge in [-0.05, 0) is 33.0 Å². The predicted octanol–water partition coefficient (Wildman–Crippen LogP) is 0.977. The van der Waals surface area contributed by atoms with E-state index in [4.69, 9.17) is 4.74 Å². The number of Topliss-reactive ketones (excluding diaryl/α,β-unsaturated/α-hetero) is 1. The van der Waals surface area contributed by atoms with Gasteiger partial charge in [0.2, 0.25) is 5.91 Å². The van der Waals surface area contributed by atoms with Crippen molar-refractivity contribution in [1.29, 1.82) is 0 Å². The molecule has 2 atom stereocenters. The number of hydrogen-bond donors (Lipinski definition) is 1. The van der Waals surface area contributed by atoms with Crippen LogP contribution in [-0.2, 0) is 9.59 Å². The van der Waals surface area contributed by atoms with Crippen LogP contribution in [0.15, 0.2) is 24.3 Å². The predicted molar refractivity (Wildman–Crippen MR) is 72.4 cm³/mol. The van der Waals surface area contributed by atoms with Crippen molar-refractivity contribution in [3.05, 3.63) is 24.3 Å². The molecule has 5 heteroatoms. The molecule has 1 aromatic carbocycles. The monoisotopic (exact) mass is 262 g/mol. The van der Waals surface area contributed by atoms with Crippen molar-refractivity contribution in [3.8, 4) is 5.75 Å². The van der Waals surface area contributed by atoms with E-state index in [1.54, 1.807) is 26.1 Å². The summed E-state index contributed by atoms with van der Waals surface area (Å²) in [5.74, 6) is 0.428. The molecule has 1 N–H and O–H groups in total. The third-order valence-corrected chi connectivity index (χ3v) is 3.39. The zero-order valence-electron chi connectivity index (χ0n) is 11.3. The molecule has 5 nitrogen and oxygen atoms in total. The average molecular weight is 262 g/mol. The van der Waals surface area contributed by atoms with Crippen molar-refractivity contribution in [3.63, 3.8) is 0 Å². The van der Waals surface area contributed by atoms with Crippen molar-refractivity contribution >= 4 is 17.4 Å². The smallest absolute Gasteiger partial charge is 0.248 e. The van der Waals surface area contributed by atoms with E-state index < -0.39 is 12.1 Å². The van der Waals surface area contributed by atoms with E-state index >= 15 is 0 Å². The number of para-hydroxylation sites is 2. The summed E-state index contributed by atoms with van der Waals surface area (Å²) in [5, 5.41) is 2.92. The van der Waals surface area contributed by atoms with Crippen LogP contribution in [-0.4, -0.2) is 37.4 Å². The van der Waals surface area contributed by atoms with Gasteiger partial charge in [0.15, 0.2) is 5.78 Å². The Labute approximate surface area is 112 Å². The normalized spacial score (nSPS) is 20.3. The van der Waals surface area contributed by atoms with Crippen molar-refractivity contribution in [2.75, 3.05) is 18.6 Å². The van der Waals surface area contributed by atoms with Gasteiger partial charge in [-0.2, -0.15) is 0 Å².